The lowest BCUT2D eigenvalue weighted by molar-refractivity contribution is -0.137. The van der Waals surface area contributed by atoms with Gasteiger partial charge in [-0.3, -0.25) is 9.10 Å². The van der Waals surface area contributed by atoms with Gasteiger partial charge < -0.3 is 10.1 Å². The number of rotatable bonds is 9. The summed E-state index contributed by atoms with van der Waals surface area (Å²) < 4.78 is 73.4. The first-order valence-corrected chi connectivity index (χ1v) is 13.1. The van der Waals surface area contributed by atoms with Crippen molar-refractivity contribution >= 4 is 33.2 Å². The predicted octanol–water partition coefficient (Wildman–Crippen LogP) is 6.14. The second-order valence-electron chi connectivity index (χ2n) is 8.24. The molecule has 3 aromatic rings. The Morgan fingerprint density at radius 3 is 2.32 bits per heavy atom. The van der Waals surface area contributed by atoms with Crippen LogP contribution in [0, 0.1) is 6.92 Å². The molecule has 1 amide bonds. The normalized spacial score (nSPS) is 12.6. The quantitative estimate of drug-likeness (QED) is 0.345. The minimum atomic E-state index is -4.82. The van der Waals surface area contributed by atoms with E-state index in [1.165, 1.54) is 24.3 Å². The van der Waals surface area contributed by atoms with Gasteiger partial charge in [0.2, 0.25) is 5.91 Å². The highest BCUT2D eigenvalue weighted by molar-refractivity contribution is 7.92. The number of hydrogen-bond donors (Lipinski definition) is 1. The Morgan fingerprint density at radius 1 is 1.08 bits per heavy atom. The van der Waals surface area contributed by atoms with Crippen molar-refractivity contribution < 1.29 is 31.1 Å². The van der Waals surface area contributed by atoms with E-state index < -0.39 is 45.3 Å². The summed E-state index contributed by atoms with van der Waals surface area (Å²) in [4.78, 5) is 12.9. The van der Waals surface area contributed by atoms with E-state index in [0.717, 1.165) is 23.3 Å². The largest absolute Gasteiger partial charge is 0.496 e. The molecule has 198 valence electrons. The van der Waals surface area contributed by atoms with Gasteiger partial charge in [0, 0.05) is 0 Å². The second-order valence-corrected chi connectivity index (χ2v) is 10.5. The summed E-state index contributed by atoms with van der Waals surface area (Å²) in [5.41, 5.74) is 0.0730. The number of nitrogens with zero attached hydrogens (tertiary/aromatic N) is 1. The third-order valence-corrected chi connectivity index (χ3v) is 7.84. The van der Waals surface area contributed by atoms with E-state index in [1.807, 2.05) is 19.9 Å². The fourth-order valence-electron chi connectivity index (χ4n) is 3.83. The zero-order chi connectivity index (χ0) is 27.4. The van der Waals surface area contributed by atoms with Gasteiger partial charge in [0.25, 0.3) is 10.0 Å². The number of halogens is 4. The highest BCUT2D eigenvalue weighted by atomic mass is 35.5. The van der Waals surface area contributed by atoms with Crippen LogP contribution in [0.1, 0.15) is 36.1 Å². The average molecular weight is 555 g/mol. The van der Waals surface area contributed by atoms with Crippen molar-refractivity contribution in [2.75, 3.05) is 18.0 Å². The van der Waals surface area contributed by atoms with Crippen LogP contribution in [-0.4, -0.2) is 28.0 Å². The summed E-state index contributed by atoms with van der Waals surface area (Å²) in [5, 5.41) is 2.21. The monoisotopic (exact) mass is 554 g/mol. The molecule has 0 spiro atoms. The van der Waals surface area contributed by atoms with Crippen molar-refractivity contribution in [2.24, 2.45) is 0 Å². The first kappa shape index (κ1) is 28.3. The van der Waals surface area contributed by atoms with Crippen molar-refractivity contribution in [1.82, 2.24) is 5.32 Å². The van der Waals surface area contributed by atoms with Crippen LogP contribution in [0.25, 0.3) is 0 Å². The van der Waals surface area contributed by atoms with Crippen LogP contribution in [0.4, 0.5) is 18.9 Å². The fourth-order valence-corrected chi connectivity index (χ4v) is 5.49. The number of sulfonamides is 1. The smallest absolute Gasteiger partial charge is 0.417 e. The summed E-state index contributed by atoms with van der Waals surface area (Å²) in [6, 6.07) is 14.8. The summed E-state index contributed by atoms with van der Waals surface area (Å²) in [6.45, 7) is 2.95. The molecule has 3 rings (SSSR count). The molecule has 0 saturated heterocycles. The first-order chi connectivity index (χ1) is 17.4. The fraction of sp³-hybridized carbons (Fsp3) is 0.269. The van der Waals surface area contributed by atoms with Crippen molar-refractivity contribution in [3.8, 4) is 5.75 Å². The highest BCUT2D eigenvalue weighted by Crippen LogP contribution is 2.38. The van der Waals surface area contributed by atoms with E-state index in [9.17, 15) is 26.4 Å². The average Bonchev–Trinajstić information content (AvgIpc) is 2.86. The minimum absolute atomic E-state index is 0.177. The molecule has 0 aliphatic carbocycles. The maximum atomic E-state index is 13.5. The Bertz CT molecular complexity index is 1370. The lowest BCUT2D eigenvalue weighted by Crippen LogP contribution is -2.42. The number of nitrogens with one attached hydrogen (secondary N) is 1. The molecule has 0 radical (unpaired) electrons. The van der Waals surface area contributed by atoms with Crippen LogP contribution in [0.5, 0.6) is 5.75 Å². The molecule has 1 unspecified atom stereocenters. The number of hydrogen-bond acceptors (Lipinski definition) is 4. The van der Waals surface area contributed by atoms with Gasteiger partial charge in [-0.15, -0.1) is 0 Å². The SMILES string of the molecule is CCC(NC(=O)CN(c1ccc(Cl)c(C(F)(F)F)c1)S(=O)(=O)c1ccccc1)c1ccc(OC)c(C)c1. The minimum Gasteiger partial charge on any atom is -0.496 e. The Hall–Kier alpha value is -3.24. The van der Waals surface area contributed by atoms with E-state index in [-0.39, 0.29) is 10.6 Å². The van der Waals surface area contributed by atoms with Gasteiger partial charge in [-0.2, -0.15) is 13.2 Å². The third-order valence-electron chi connectivity index (χ3n) is 5.73. The number of benzene rings is 3. The summed E-state index contributed by atoms with van der Waals surface area (Å²) in [5.74, 6) is -0.0170. The van der Waals surface area contributed by atoms with Crippen molar-refractivity contribution in [2.45, 2.75) is 37.4 Å². The molecular formula is C26H26ClF3N2O4S. The van der Waals surface area contributed by atoms with E-state index in [2.05, 4.69) is 5.32 Å². The molecule has 1 N–H and O–H groups in total. The van der Waals surface area contributed by atoms with Crippen LogP contribution >= 0.6 is 11.6 Å². The Labute approximate surface area is 219 Å². The van der Waals surface area contributed by atoms with Gasteiger partial charge in [-0.1, -0.05) is 48.9 Å². The summed E-state index contributed by atoms with van der Waals surface area (Å²) >= 11 is 5.74. The molecule has 1 atom stereocenters. The highest BCUT2D eigenvalue weighted by Gasteiger charge is 2.35. The third kappa shape index (κ3) is 6.56. The summed E-state index contributed by atoms with van der Waals surface area (Å²) in [6.07, 6.45) is -4.33. The molecule has 0 bridgehead atoms. The second kappa shape index (κ2) is 11.4. The Morgan fingerprint density at radius 2 is 1.76 bits per heavy atom. The van der Waals surface area contributed by atoms with E-state index in [1.54, 1.807) is 25.3 Å². The maximum absolute atomic E-state index is 13.5. The number of carbonyl (C=O) groups is 1. The molecular weight excluding hydrogens is 529 g/mol. The molecule has 0 aromatic heterocycles. The molecule has 0 aliphatic rings. The Balaban J connectivity index is 1.99. The van der Waals surface area contributed by atoms with Crippen LogP contribution in [0.2, 0.25) is 5.02 Å². The molecule has 3 aromatic carbocycles. The van der Waals surface area contributed by atoms with Gasteiger partial charge >= 0.3 is 6.18 Å². The Kier molecular flexibility index (Phi) is 8.76. The molecule has 0 saturated carbocycles. The molecule has 0 aliphatic heterocycles. The number of anilines is 1. The van der Waals surface area contributed by atoms with E-state index >= 15 is 0 Å². The molecule has 6 nitrogen and oxygen atoms in total. The molecule has 0 heterocycles. The van der Waals surface area contributed by atoms with Gasteiger partial charge in [0.1, 0.15) is 12.3 Å². The number of alkyl halides is 3. The molecule has 37 heavy (non-hydrogen) atoms. The zero-order valence-corrected chi connectivity index (χ0v) is 21.9. The number of amides is 1. The number of methoxy groups -OCH3 is 1. The van der Waals surface area contributed by atoms with Crippen LogP contribution in [0.3, 0.4) is 0 Å². The lowest BCUT2D eigenvalue weighted by atomic mass is 10.0. The van der Waals surface area contributed by atoms with Crippen molar-refractivity contribution in [3.05, 3.63) is 88.4 Å². The van der Waals surface area contributed by atoms with Crippen LogP contribution in [-0.2, 0) is 21.0 Å². The topological polar surface area (TPSA) is 75.7 Å². The van der Waals surface area contributed by atoms with Crippen LogP contribution in [0.15, 0.2) is 71.6 Å². The van der Waals surface area contributed by atoms with Crippen molar-refractivity contribution in [3.63, 3.8) is 0 Å². The number of ether oxygens (including phenoxy) is 1. The predicted molar refractivity (Wildman–Crippen MR) is 136 cm³/mol. The lowest BCUT2D eigenvalue weighted by Gasteiger charge is -2.26. The molecule has 0 fully saturated rings. The van der Waals surface area contributed by atoms with E-state index in [0.29, 0.717) is 22.5 Å². The standard InChI is InChI=1S/C26H26ClF3N2O4S/c1-4-23(18-10-13-24(36-3)17(2)14-18)31-25(33)16-32(37(34,35)20-8-6-5-7-9-20)19-11-12-22(27)21(15-19)26(28,29)30/h5-15,23H,4,16H2,1-3H3,(H,31,33). The van der Waals surface area contributed by atoms with Gasteiger partial charge in [-0.05, 0) is 60.9 Å². The van der Waals surface area contributed by atoms with Crippen molar-refractivity contribution in [1.29, 1.82) is 0 Å². The number of carbonyl (C=O) groups excluding carboxylic acids is 1. The maximum Gasteiger partial charge on any atom is 0.417 e. The van der Waals surface area contributed by atoms with Gasteiger partial charge in [0.05, 0.1) is 34.3 Å². The van der Waals surface area contributed by atoms with Crippen LogP contribution < -0.4 is 14.4 Å². The van der Waals surface area contributed by atoms with E-state index in [4.69, 9.17) is 16.3 Å². The molecule has 11 heteroatoms. The van der Waals surface area contributed by atoms with Gasteiger partial charge in [-0.25, -0.2) is 8.42 Å². The summed E-state index contributed by atoms with van der Waals surface area (Å²) in [7, 11) is -2.86. The zero-order valence-electron chi connectivity index (χ0n) is 20.3. The first-order valence-electron chi connectivity index (χ1n) is 11.3. The number of aryl methyl sites for hydroxylation is 1. The van der Waals surface area contributed by atoms with Gasteiger partial charge in [0.15, 0.2) is 0 Å².